The normalized spacial score (nSPS) is 0. The number of hydrogen-bond donors (Lipinski definition) is 0. The van der Waals surface area contributed by atoms with Crippen LogP contribution in [0.25, 0.3) is 0 Å². The van der Waals surface area contributed by atoms with Gasteiger partial charge in [-0.25, -0.2) is 0 Å². The molecule has 0 aliphatic carbocycles. The summed E-state index contributed by atoms with van der Waals surface area (Å²) in [4.78, 5) is 0. The van der Waals surface area contributed by atoms with E-state index in [0.29, 0.717) is 0 Å². The SMILES string of the molecule is [Br-].[Br-].[Br-].[Br-].[Br-].[Br-].[Br-].[Br-].[Co+2].[W+6]. The average molecular weight is 882 g/mol. The summed E-state index contributed by atoms with van der Waals surface area (Å²) in [6.07, 6.45) is 0. The standard InChI is InChI=1S/8BrH.Co.W/h8*1H;;/q;;;;;;;;+2;+6/p-8. The number of rotatable bonds is 0. The van der Waals surface area contributed by atoms with Crippen molar-refractivity contribution in [2.75, 3.05) is 0 Å². The van der Waals surface area contributed by atoms with Gasteiger partial charge in [-0.2, -0.15) is 0 Å². The Morgan fingerprint density at radius 1 is 0.300 bits per heavy atom. The maximum Gasteiger partial charge on any atom is 6.00 e. The zero-order chi connectivity index (χ0) is 0. The van der Waals surface area contributed by atoms with Crippen LogP contribution in [0.5, 0.6) is 0 Å². The summed E-state index contributed by atoms with van der Waals surface area (Å²) in [5.74, 6) is 0. The molecule has 0 aliphatic rings. The predicted octanol–water partition coefficient (Wildman–Crippen LogP) is -24.0. The molecule has 10 heteroatoms. The van der Waals surface area contributed by atoms with Gasteiger partial charge in [-0.05, 0) is 0 Å². The summed E-state index contributed by atoms with van der Waals surface area (Å²) >= 11 is 0. The van der Waals surface area contributed by atoms with Crippen LogP contribution in [-0.4, -0.2) is 0 Å². The minimum absolute atomic E-state index is 0. The molecule has 10 heavy (non-hydrogen) atoms. The topological polar surface area (TPSA) is 0 Å². The first-order valence-corrected chi connectivity index (χ1v) is 0. The minimum atomic E-state index is 0. The number of halogens is 8. The minimum Gasteiger partial charge on any atom is -1.00 e. The van der Waals surface area contributed by atoms with Crippen molar-refractivity contribution in [3.63, 3.8) is 0 Å². The van der Waals surface area contributed by atoms with E-state index in [2.05, 4.69) is 0 Å². The van der Waals surface area contributed by atoms with Crippen molar-refractivity contribution in [3.8, 4) is 0 Å². The van der Waals surface area contributed by atoms with Gasteiger partial charge < -0.3 is 136 Å². The molecule has 0 atom stereocenters. The molecule has 0 unspecified atom stereocenters. The van der Waals surface area contributed by atoms with Crippen molar-refractivity contribution in [1.29, 1.82) is 0 Å². The Hall–Kier alpha value is 5.03. The predicted molar refractivity (Wildman–Crippen MR) is 0 cm³/mol. The van der Waals surface area contributed by atoms with E-state index in [0.717, 1.165) is 0 Å². The molecule has 1 radical (unpaired) electrons. The molecular weight excluding hydrogens is 882 g/mol. The van der Waals surface area contributed by atoms with Crippen LogP contribution in [0.2, 0.25) is 0 Å². The van der Waals surface area contributed by atoms with Crippen LogP contribution >= 0.6 is 0 Å². The molecule has 0 N–H and O–H groups in total. The molecule has 0 saturated carbocycles. The van der Waals surface area contributed by atoms with Gasteiger partial charge in [0, 0.05) is 0 Å². The Bertz CT molecular complexity index is 9.22. The fourth-order valence-electron chi connectivity index (χ4n) is 0. The van der Waals surface area contributed by atoms with Crippen LogP contribution in [0.1, 0.15) is 0 Å². The molecule has 0 aromatic rings. The maximum absolute atomic E-state index is 0. The third-order valence-electron chi connectivity index (χ3n) is 0. The molecule has 0 aromatic heterocycles. The van der Waals surface area contributed by atoms with Crippen LogP contribution in [0, 0.1) is 0 Å². The van der Waals surface area contributed by atoms with E-state index in [9.17, 15) is 0 Å². The van der Waals surface area contributed by atoms with Gasteiger partial charge in [-0.1, -0.05) is 0 Å². The first-order chi connectivity index (χ1) is 0. The monoisotopic (exact) mass is 874 g/mol. The van der Waals surface area contributed by atoms with E-state index in [1.807, 2.05) is 0 Å². The quantitative estimate of drug-likeness (QED) is 0.227. The summed E-state index contributed by atoms with van der Waals surface area (Å²) < 4.78 is 0. The molecule has 0 bridgehead atoms. The van der Waals surface area contributed by atoms with Gasteiger partial charge in [0.05, 0.1) is 0 Å². The second-order valence-electron chi connectivity index (χ2n) is 0. The van der Waals surface area contributed by atoms with Crippen molar-refractivity contribution in [2.24, 2.45) is 0 Å². The molecule has 0 heterocycles. The van der Waals surface area contributed by atoms with E-state index in [-0.39, 0.29) is 174 Å². The van der Waals surface area contributed by atoms with Crippen molar-refractivity contribution in [2.45, 2.75) is 0 Å². The smallest absolute Gasteiger partial charge is 1.00 e. The van der Waals surface area contributed by atoms with Crippen molar-refractivity contribution in [1.82, 2.24) is 0 Å². The molecule has 0 spiro atoms. The van der Waals surface area contributed by atoms with Gasteiger partial charge in [-0.3, -0.25) is 0 Å². The first-order valence-electron chi connectivity index (χ1n) is 0. The third kappa shape index (κ3) is 74.5. The van der Waals surface area contributed by atoms with Gasteiger partial charge in [0.15, 0.2) is 0 Å². The molecule has 71 valence electrons. The van der Waals surface area contributed by atoms with E-state index in [1.165, 1.54) is 0 Å². The second kappa shape index (κ2) is 94.1. The second-order valence-corrected chi connectivity index (χ2v) is 0. The van der Waals surface area contributed by atoms with Crippen LogP contribution in [-0.2, 0) is 37.8 Å². The summed E-state index contributed by atoms with van der Waals surface area (Å²) in [6, 6.07) is 0. The summed E-state index contributed by atoms with van der Waals surface area (Å²) in [5.41, 5.74) is 0. The molecule has 0 rings (SSSR count). The Labute approximate surface area is 170 Å². The van der Waals surface area contributed by atoms with Crippen molar-refractivity contribution in [3.05, 3.63) is 0 Å². The Balaban J connectivity index is 0. The van der Waals surface area contributed by atoms with Gasteiger partial charge in [0.1, 0.15) is 0 Å². The van der Waals surface area contributed by atoms with Gasteiger partial charge in [-0.15, -0.1) is 0 Å². The Kier molecular flexibility index (Phi) is 1100. The molecule has 0 aromatic carbocycles. The molecule has 0 nitrogen and oxygen atoms in total. The van der Waals surface area contributed by atoms with Gasteiger partial charge in [0.25, 0.3) is 0 Å². The van der Waals surface area contributed by atoms with Crippen LogP contribution in [0.3, 0.4) is 0 Å². The van der Waals surface area contributed by atoms with Crippen molar-refractivity contribution < 1.29 is 174 Å². The van der Waals surface area contributed by atoms with Crippen LogP contribution < -0.4 is 136 Å². The van der Waals surface area contributed by atoms with Gasteiger partial charge >= 0.3 is 37.8 Å². The van der Waals surface area contributed by atoms with Gasteiger partial charge in [0.2, 0.25) is 0 Å². The van der Waals surface area contributed by atoms with Crippen LogP contribution in [0.15, 0.2) is 0 Å². The van der Waals surface area contributed by atoms with E-state index >= 15 is 0 Å². The largest absolute Gasteiger partial charge is 6.00 e. The van der Waals surface area contributed by atoms with E-state index in [4.69, 9.17) is 0 Å². The molecule has 0 aliphatic heterocycles. The molecular formula is Br8CoW. The van der Waals surface area contributed by atoms with Crippen molar-refractivity contribution >= 4 is 0 Å². The fraction of sp³-hybridized carbons (Fsp3) is 0. The molecule has 0 saturated heterocycles. The fourth-order valence-corrected chi connectivity index (χ4v) is 0. The third-order valence-corrected chi connectivity index (χ3v) is 0. The summed E-state index contributed by atoms with van der Waals surface area (Å²) in [5, 5.41) is 0. The van der Waals surface area contributed by atoms with E-state index < -0.39 is 0 Å². The molecule has 0 fully saturated rings. The Morgan fingerprint density at radius 3 is 0.300 bits per heavy atom. The zero-order valence-corrected chi connectivity index (χ0v) is 20.4. The zero-order valence-electron chi connectivity index (χ0n) is 3.77. The average Bonchev–Trinajstić information content (AvgIpc) is 0. The number of hydrogen-bond acceptors (Lipinski definition) is 0. The Morgan fingerprint density at radius 2 is 0.300 bits per heavy atom. The summed E-state index contributed by atoms with van der Waals surface area (Å²) in [7, 11) is 0. The molecule has 0 amide bonds. The summed E-state index contributed by atoms with van der Waals surface area (Å²) in [6.45, 7) is 0. The first kappa shape index (κ1) is 117. The van der Waals surface area contributed by atoms with Crippen LogP contribution in [0.4, 0.5) is 0 Å². The van der Waals surface area contributed by atoms with E-state index in [1.54, 1.807) is 0 Å². The maximum atomic E-state index is 0.